The molecule has 6 nitrogen and oxygen atoms in total. The number of anilines is 2. The van der Waals surface area contributed by atoms with Gasteiger partial charge in [-0.05, 0) is 66.9 Å². The SMILES string of the molecule is Cc1cc(N2C[C@H]3CC[C@@H](C2)C3Nc2nc3c(-c4ccc(C(F)(F)C(F)(F)F)cc4)cccn3n2)sn1. The summed E-state index contributed by atoms with van der Waals surface area (Å²) in [4.78, 5) is 7.07. The normalized spacial score (nSPS) is 22.1. The molecular weight excluding hydrogens is 511 g/mol. The number of nitrogens with one attached hydrogen (secondary N) is 1. The Labute approximate surface area is 213 Å². The van der Waals surface area contributed by atoms with Crippen molar-refractivity contribution in [2.75, 3.05) is 23.3 Å². The van der Waals surface area contributed by atoms with E-state index in [4.69, 9.17) is 0 Å². The first-order valence-corrected chi connectivity index (χ1v) is 12.7. The Morgan fingerprint density at radius 2 is 1.70 bits per heavy atom. The number of fused-ring (bicyclic) bond motifs is 3. The standard InChI is InChI=1S/C25H23F5N6S/c1-14-11-20(37-34-14)35-12-16-4-5-17(13-35)21(16)31-23-32-22-19(3-2-10-36(22)33-23)15-6-8-18(9-7-15)24(26,27)25(28,29)30/h2-3,6-11,16-17,21H,4-5,12-13H2,1H3,(H,31,33)/t16-,17+,21?. The van der Waals surface area contributed by atoms with Crippen molar-refractivity contribution in [3.63, 3.8) is 0 Å². The number of pyridine rings is 1. The quantitative estimate of drug-likeness (QED) is 0.312. The van der Waals surface area contributed by atoms with Crippen LogP contribution in [0.4, 0.5) is 32.9 Å². The van der Waals surface area contributed by atoms with Crippen LogP contribution in [0.25, 0.3) is 16.8 Å². The number of rotatable bonds is 5. The van der Waals surface area contributed by atoms with Crippen LogP contribution in [0.3, 0.4) is 0 Å². The zero-order valence-electron chi connectivity index (χ0n) is 19.7. The van der Waals surface area contributed by atoms with E-state index in [2.05, 4.69) is 30.7 Å². The molecule has 1 N–H and O–H groups in total. The van der Waals surface area contributed by atoms with Crippen molar-refractivity contribution in [1.82, 2.24) is 19.0 Å². The lowest BCUT2D eigenvalue weighted by Gasteiger charge is -2.38. The van der Waals surface area contributed by atoms with E-state index in [1.165, 1.54) is 28.7 Å². The number of aryl methyl sites for hydroxylation is 1. The van der Waals surface area contributed by atoms with E-state index in [9.17, 15) is 22.0 Å². The number of benzene rings is 1. The number of nitrogens with zero attached hydrogens (tertiary/aromatic N) is 5. The fourth-order valence-electron chi connectivity index (χ4n) is 5.50. The van der Waals surface area contributed by atoms with E-state index in [1.54, 1.807) is 22.8 Å². The molecule has 0 amide bonds. The number of aromatic nitrogens is 4. The minimum Gasteiger partial charge on any atom is -0.361 e. The summed E-state index contributed by atoms with van der Waals surface area (Å²) in [7, 11) is 0. The average molecular weight is 535 g/mol. The van der Waals surface area contributed by atoms with Crippen LogP contribution in [-0.2, 0) is 5.92 Å². The Hall–Kier alpha value is -3.28. The lowest BCUT2D eigenvalue weighted by Crippen LogP contribution is -2.48. The molecule has 4 heterocycles. The third-order valence-electron chi connectivity index (χ3n) is 7.33. The first-order valence-electron chi connectivity index (χ1n) is 12.0. The predicted octanol–water partition coefficient (Wildman–Crippen LogP) is 6.14. The van der Waals surface area contributed by atoms with Gasteiger partial charge in [0.15, 0.2) is 5.65 Å². The molecule has 1 unspecified atom stereocenters. The van der Waals surface area contributed by atoms with Gasteiger partial charge in [0.25, 0.3) is 0 Å². The molecule has 3 atom stereocenters. The first kappa shape index (κ1) is 24.1. The van der Waals surface area contributed by atoms with Crippen LogP contribution in [0, 0.1) is 18.8 Å². The topological polar surface area (TPSA) is 58.4 Å². The summed E-state index contributed by atoms with van der Waals surface area (Å²) in [6, 6.07) is 9.94. The highest BCUT2D eigenvalue weighted by molar-refractivity contribution is 7.10. The van der Waals surface area contributed by atoms with E-state index in [0.29, 0.717) is 34.6 Å². The molecule has 1 aliphatic heterocycles. The third-order valence-corrected chi connectivity index (χ3v) is 8.28. The summed E-state index contributed by atoms with van der Waals surface area (Å²) < 4.78 is 71.6. The third kappa shape index (κ3) is 4.20. The number of hydrogen-bond donors (Lipinski definition) is 1. The van der Waals surface area contributed by atoms with Crippen molar-refractivity contribution in [3.8, 4) is 11.1 Å². The van der Waals surface area contributed by atoms with Crippen molar-refractivity contribution >= 4 is 28.1 Å². The Balaban J connectivity index is 1.23. The van der Waals surface area contributed by atoms with Gasteiger partial charge in [-0.3, -0.25) is 0 Å². The number of alkyl halides is 5. The van der Waals surface area contributed by atoms with Crippen molar-refractivity contribution < 1.29 is 22.0 Å². The van der Waals surface area contributed by atoms with Gasteiger partial charge < -0.3 is 10.2 Å². The zero-order valence-corrected chi connectivity index (χ0v) is 20.5. The van der Waals surface area contributed by atoms with Gasteiger partial charge in [-0.15, -0.1) is 5.10 Å². The summed E-state index contributed by atoms with van der Waals surface area (Å²) in [6.07, 6.45) is -1.70. The maximum Gasteiger partial charge on any atom is 0.458 e. The van der Waals surface area contributed by atoms with Gasteiger partial charge in [-0.25, -0.2) is 4.52 Å². The van der Waals surface area contributed by atoms with Crippen LogP contribution < -0.4 is 10.2 Å². The Morgan fingerprint density at radius 1 is 1.00 bits per heavy atom. The molecule has 1 saturated carbocycles. The molecule has 12 heteroatoms. The second-order valence-corrected chi connectivity index (χ2v) is 10.5. The summed E-state index contributed by atoms with van der Waals surface area (Å²) in [5.74, 6) is -3.57. The Kier molecular flexibility index (Phi) is 5.62. The van der Waals surface area contributed by atoms with Crippen LogP contribution in [0.1, 0.15) is 24.1 Å². The van der Waals surface area contributed by atoms with Gasteiger partial charge in [-0.2, -0.15) is 31.3 Å². The van der Waals surface area contributed by atoms with E-state index in [0.717, 1.165) is 43.8 Å². The van der Waals surface area contributed by atoms with E-state index in [1.807, 2.05) is 6.92 Å². The van der Waals surface area contributed by atoms with Gasteiger partial charge >= 0.3 is 12.1 Å². The molecule has 1 aliphatic carbocycles. The minimum atomic E-state index is -5.66. The molecule has 4 aromatic rings. The summed E-state index contributed by atoms with van der Waals surface area (Å²) >= 11 is 1.53. The summed E-state index contributed by atoms with van der Waals surface area (Å²) in [5.41, 5.74) is 1.48. The monoisotopic (exact) mass is 534 g/mol. The molecule has 6 rings (SSSR count). The van der Waals surface area contributed by atoms with Crippen LogP contribution in [0.15, 0.2) is 48.7 Å². The molecule has 1 aromatic carbocycles. The Morgan fingerprint density at radius 3 is 2.32 bits per heavy atom. The van der Waals surface area contributed by atoms with E-state index < -0.39 is 17.7 Å². The van der Waals surface area contributed by atoms with Crippen LogP contribution in [0.2, 0.25) is 0 Å². The largest absolute Gasteiger partial charge is 0.458 e. The second kappa shape index (κ2) is 8.64. The van der Waals surface area contributed by atoms with Crippen molar-refractivity contribution in [2.45, 2.75) is 37.9 Å². The fraction of sp³-hybridized carbons (Fsp3) is 0.400. The summed E-state index contributed by atoms with van der Waals surface area (Å²) in [6.45, 7) is 3.87. The van der Waals surface area contributed by atoms with Crippen molar-refractivity contribution in [1.29, 1.82) is 0 Å². The number of piperidine rings is 1. The van der Waals surface area contributed by atoms with Crippen LogP contribution >= 0.6 is 11.5 Å². The molecule has 0 radical (unpaired) electrons. The Bertz CT molecular complexity index is 1420. The molecule has 2 bridgehead atoms. The smallest absolute Gasteiger partial charge is 0.361 e. The molecular formula is C25H23F5N6S. The number of hydrogen-bond acceptors (Lipinski definition) is 6. The van der Waals surface area contributed by atoms with Crippen LogP contribution in [0.5, 0.6) is 0 Å². The highest BCUT2D eigenvalue weighted by Crippen LogP contribution is 2.44. The van der Waals surface area contributed by atoms with Gasteiger partial charge in [0.1, 0.15) is 5.00 Å². The second-order valence-electron chi connectivity index (χ2n) is 9.75. The van der Waals surface area contributed by atoms with Gasteiger partial charge in [0, 0.05) is 36.5 Å². The maximum atomic E-state index is 13.7. The molecule has 1 saturated heterocycles. The predicted molar refractivity (Wildman–Crippen MR) is 131 cm³/mol. The lowest BCUT2D eigenvalue weighted by molar-refractivity contribution is -0.289. The molecule has 0 spiro atoms. The maximum absolute atomic E-state index is 13.7. The fourth-order valence-corrected chi connectivity index (χ4v) is 6.28. The molecule has 2 aliphatic rings. The van der Waals surface area contributed by atoms with E-state index >= 15 is 0 Å². The van der Waals surface area contributed by atoms with Crippen molar-refractivity contribution in [3.05, 3.63) is 59.9 Å². The molecule has 194 valence electrons. The molecule has 2 fully saturated rings. The highest BCUT2D eigenvalue weighted by Gasteiger charge is 2.58. The van der Waals surface area contributed by atoms with Gasteiger partial charge in [-0.1, -0.05) is 24.3 Å². The molecule has 3 aromatic heterocycles. The minimum absolute atomic E-state index is 0.231. The van der Waals surface area contributed by atoms with Gasteiger partial charge in [0.2, 0.25) is 5.95 Å². The molecule has 37 heavy (non-hydrogen) atoms. The number of halogens is 5. The average Bonchev–Trinajstić information content (AvgIpc) is 3.53. The summed E-state index contributed by atoms with van der Waals surface area (Å²) in [5, 5.41) is 9.29. The van der Waals surface area contributed by atoms with E-state index in [-0.39, 0.29) is 6.04 Å². The van der Waals surface area contributed by atoms with Crippen molar-refractivity contribution in [2.24, 2.45) is 11.8 Å². The van der Waals surface area contributed by atoms with Crippen LogP contribution in [-0.4, -0.2) is 44.3 Å². The lowest BCUT2D eigenvalue weighted by atomic mass is 9.92. The van der Waals surface area contributed by atoms with Gasteiger partial charge in [0.05, 0.1) is 5.69 Å². The zero-order chi connectivity index (χ0) is 25.9. The highest BCUT2D eigenvalue weighted by atomic mass is 32.1. The first-order chi connectivity index (χ1) is 17.6.